The van der Waals surface area contributed by atoms with E-state index < -0.39 is 10.0 Å². The van der Waals surface area contributed by atoms with Crippen LogP contribution in [-0.4, -0.2) is 14.5 Å². The Bertz CT molecular complexity index is 607. The Hall–Kier alpha value is -1.38. The van der Waals surface area contributed by atoms with Gasteiger partial charge in [-0.2, -0.15) is 5.26 Å². The first-order valence-corrected chi connectivity index (χ1v) is 7.59. The molecule has 0 saturated carbocycles. The molecule has 1 N–H and O–H groups in total. The third-order valence-electron chi connectivity index (χ3n) is 3.24. The summed E-state index contributed by atoms with van der Waals surface area (Å²) in [7, 11) is -3.61. The predicted molar refractivity (Wildman–Crippen MR) is 75.1 cm³/mol. The second kappa shape index (κ2) is 5.32. The molecule has 0 radical (unpaired) electrons. The molecule has 0 aromatic heterocycles. The summed E-state index contributed by atoms with van der Waals surface area (Å²) in [5, 5.41) is 8.86. The van der Waals surface area contributed by atoms with Crippen molar-refractivity contribution in [2.45, 2.75) is 45.6 Å². The van der Waals surface area contributed by atoms with Gasteiger partial charge in [0.15, 0.2) is 0 Å². The molecule has 1 rings (SSSR count). The predicted octanol–water partition coefficient (Wildman–Crippen LogP) is 2.58. The van der Waals surface area contributed by atoms with Crippen molar-refractivity contribution in [2.75, 3.05) is 0 Å². The summed E-state index contributed by atoms with van der Waals surface area (Å²) in [4.78, 5) is 0.169. The average molecular weight is 280 g/mol. The number of nitrogens with one attached hydrogen (secondary N) is 1. The molecule has 0 heterocycles. The van der Waals surface area contributed by atoms with Gasteiger partial charge in [-0.1, -0.05) is 26.8 Å². The molecule has 1 atom stereocenters. The zero-order valence-corrected chi connectivity index (χ0v) is 12.8. The highest BCUT2D eigenvalue weighted by molar-refractivity contribution is 7.89. The third-order valence-corrected chi connectivity index (χ3v) is 4.92. The van der Waals surface area contributed by atoms with E-state index in [0.717, 1.165) is 0 Å². The van der Waals surface area contributed by atoms with Gasteiger partial charge in [-0.15, -0.1) is 0 Å². The minimum atomic E-state index is -3.61. The molecule has 1 aromatic rings. The van der Waals surface area contributed by atoms with Crippen LogP contribution in [0.25, 0.3) is 0 Å². The second-order valence-electron chi connectivity index (χ2n) is 5.80. The molecule has 0 bridgehead atoms. The summed E-state index contributed by atoms with van der Waals surface area (Å²) in [6, 6.07) is 6.42. The largest absolute Gasteiger partial charge is 0.241 e. The van der Waals surface area contributed by atoms with Gasteiger partial charge in [0.1, 0.15) is 0 Å². The molecule has 0 fully saturated rings. The molecule has 19 heavy (non-hydrogen) atoms. The number of nitriles is 1. The number of rotatable bonds is 3. The minimum Gasteiger partial charge on any atom is -0.208 e. The summed E-state index contributed by atoms with van der Waals surface area (Å²) >= 11 is 0. The molecule has 0 aliphatic carbocycles. The van der Waals surface area contributed by atoms with Crippen LogP contribution in [0.5, 0.6) is 0 Å². The Kier molecular flexibility index (Phi) is 4.39. The van der Waals surface area contributed by atoms with Crippen LogP contribution in [0.4, 0.5) is 0 Å². The zero-order valence-electron chi connectivity index (χ0n) is 12.0. The normalized spacial score (nSPS) is 13.9. The number of benzene rings is 1. The van der Waals surface area contributed by atoms with Crippen molar-refractivity contribution in [3.63, 3.8) is 0 Å². The molecule has 1 aromatic carbocycles. The molecule has 4 nitrogen and oxygen atoms in total. The van der Waals surface area contributed by atoms with Crippen molar-refractivity contribution < 1.29 is 8.42 Å². The van der Waals surface area contributed by atoms with E-state index in [9.17, 15) is 8.42 Å². The van der Waals surface area contributed by atoms with Gasteiger partial charge in [0.25, 0.3) is 0 Å². The first kappa shape index (κ1) is 15.7. The molecule has 1 unspecified atom stereocenters. The fourth-order valence-electron chi connectivity index (χ4n) is 1.43. The molecular formula is C14H20N2O2S. The Morgan fingerprint density at radius 1 is 1.32 bits per heavy atom. The van der Waals surface area contributed by atoms with E-state index >= 15 is 0 Å². The maximum Gasteiger partial charge on any atom is 0.241 e. The highest BCUT2D eigenvalue weighted by atomic mass is 32.2. The quantitative estimate of drug-likeness (QED) is 0.925. The van der Waals surface area contributed by atoms with Crippen LogP contribution >= 0.6 is 0 Å². The number of hydrogen-bond acceptors (Lipinski definition) is 3. The number of nitrogens with zero attached hydrogens (tertiary/aromatic N) is 1. The minimum absolute atomic E-state index is 0.169. The molecule has 0 saturated heterocycles. The van der Waals surface area contributed by atoms with Gasteiger partial charge in [-0.25, -0.2) is 13.1 Å². The van der Waals surface area contributed by atoms with Crippen molar-refractivity contribution in [3.05, 3.63) is 29.3 Å². The van der Waals surface area contributed by atoms with Crippen molar-refractivity contribution in [1.29, 1.82) is 5.26 Å². The van der Waals surface area contributed by atoms with Crippen molar-refractivity contribution in [3.8, 4) is 6.07 Å². The van der Waals surface area contributed by atoms with Crippen molar-refractivity contribution >= 4 is 10.0 Å². The molecule has 5 heteroatoms. The summed E-state index contributed by atoms with van der Waals surface area (Å²) in [6.45, 7) is 9.47. The number of sulfonamides is 1. The molecule has 0 aliphatic rings. The Labute approximate surface area is 115 Å². The Morgan fingerprint density at radius 3 is 2.37 bits per heavy atom. The lowest BCUT2D eigenvalue weighted by Crippen LogP contribution is -2.41. The van der Waals surface area contributed by atoms with Crippen molar-refractivity contribution in [1.82, 2.24) is 4.72 Å². The lowest BCUT2D eigenvalue weighted by molar-refractivity contribution is 0.317. The summed E-state index contributed by atoms with van der Waals surface area (Å²) in [5.74, 6) is 0. The highest BCUT2D eigenvalue weighted by Crippen LogP contribution is 2.22. The average Bonchev–Trinajstić information content (AvgIpc) is 2.27. The lowest BCUT2D eigenvalue weighted by atomic mass is 9.89. The first-order valence-electron chi connectivity index (χ1n) is 6.11. The van der Waals surface area contributed by atoms with E-state index in [4.69, 9.17) is 5.26 Å². The zero-order chi connectivity index (χ0) is 14.8. The third kappa shape index (κ3) is 3.79. The summed E-state index contributed by atoms with van der Waals surface area (Å²) in [6.07, 6.45) is 0. The van der Waals surface area contributed by atoms with E-state index in [-0.39, 0.29) is 16.4 Å². The molecule has 0 aliphatic heterocycles. The SMILES string of the molecule is Cc1ccc(C#N)cc1S(=O)(=O)NC(C)C(C)(C)C. The summed E-state index contributed by atoms with van der Waals surface area (Å²) < 4.78 is 27.4. The van der Waals surface area contributed by atoms with E-state index in [2.05, 4.69) is 4.72 Å². The van der Waals surface area contributed by atoms with E-state index in [1.54, 1.807) is 19.1 Å². The van der Waals surface area contributed by atoms with Gasteiger partial charge in [-0.05, 0) is 37.0 Å². The van der Waals surface area contributed by atoms with Crippen LogP contribution in [0.15, 0.2) is 23.1 Å². The van der Waals surface area contributed by atoms with Crippen LogP contribution in [0.3, 0.4) is 0 Å². The van der Waals surface area contributed by atoms with Gasteiger partial charge in [0, 0.05) is 6.04 Å². The number of aryl methyl sites for hydroxylation is 1. The van der Waals surface area contributed by atoms with E-state index in [1.165, 1.54) is 6.07 Å². The van der Waals surface area contributed by atoms with Crippen LogP contribution in [0.1, 0.15) is 38.8 Å². The lowest BCUT2D eigenvalue weighted by Gasteiger charge is -2.28. The first-order chi connectivity index (χ1) is 8.58. The topological polar surface area (TPSA) is 70.0 Å². The molecule has 104 valence electrons. The van der Waals surface area contributed by atoms with Crippen molar-refractivity contribution in [2.24, 2.45) is 5.41 Å². The van der Waals surface area contributed by atoms with E-state index in [0.29, 0.717) is 11.1 Å². The highest BCUT2D eigenvalue weighted by Gasteiger charge is 2.26. The van der Waals surface area contributed by atoms with Gasteiger partial charge in [0.2, 0.25) is 10.0 Å². The van der Waals surface area contributed by atoms with Crippen LogP contribution in [0, 0.1) is 23.7 Å². The fraction of sp³-hybridized carbons (Fsp3) is 0.500. The van der Waals surface area contributed by atoms with Crippen LogP contribution in [-0.2, 0) is 10.0 Å². The maximum atomic E-state index is 12.4. The van der Waals surface area contributed by atoms with Gasteiger partial charge >= 0.3 is 0 Å². The smallest absolute Gasteiger partial charge is 0.208 e. The molecule has 0 amide bonds. The van der Waals surface area contributed by atoms with Crippen LogP contribution < -0.4 is 4.72 Å². The second-order valence-corrected chi connectivity index (χ2v) is 7.48. The standard InChI is InChI=1S/C14H20N2O2S/c1-10-6-7-12(9-15)8-13(10)19(17,18)16-11(2)14(3,4)5/h6-8,11,16H,1-5H3. The Morgan fingerprint density at radius 2 is 1.89 bits per heavy atom. The molecule has 0 spiro atoms. The van der Waals surface area contributed by atoms with E-state index in [1.807, 2.05) is 33.8 Å². The monoisotopic (exact) mass is 280 g/mol. The Balaban J connectivity index is 3.18. The summed E-state index contributed by atoms with van der Waals surface area (Å²) in [5.41, 5.74) is 0.801. The number of hydrogen-bond donors (Lipinski definition) is 1. The fourth-order valence-corrected chi connectivity index (χ4v) is 3.15. The molecular weight excluding hydrogens is 260 g/mol. The van der Waals surface area contributed by atoms with Gasteiger partial charge < -0.3 is 0 Å². The van der Waals surface area contributed by atoms with Crippen LogP contribution in [0.2, 0.25) is 0 Å². The van der Waals surface area contributed by atoms with Gasteiger partial charge in [-0.3, -0.25) is 0 Å². The maximum absolute atomic E-state index is 12.4. The van der Waals surface area contributed by atoms with Gasteiger partial charge in [0.05, 0.1) is 16.5 Å².